The number of nitrogens with one attached hydrogen (secondary N) is 1. The fourth-order valence-electron chi connectivity index (χ4n) is 3.24. The third-order valence-electron chi connectivity index (χ3n) is 4.62. The van der Waals surface area contributed by atoms with E-state index in [1.165, 1.54) is 12.1 Å². The molecule has 0 aliphatic carbocycles. The van der Waals surface area contributed by atoms with Crippen molar-refractivity contribution in [1.29, 1.82) is 0 Å². The zero-order valence-electron chi connectivity index (χ0n) is 15.3. The summed E-state index contributed by atoms with van der Waals surface area (Å²) in [5, 5.41) is 1.13. The number of ketones is 1. The Morgan fingerprint density at radius 2 is 1.69 bits per heavy atom. The highest BCUT2D eigenvalue weighted by Crippen LogP contribution is 2.31. The number of para-hydroxylation sites is 1. The maximum absolute atomic E-state index is 13.0. The number of carbonyl (C=O) groups is 2. The summed E-state index contributed by atoms with van der Waals surface area (Å²) in [4.78, 5) is 28.7. The molecule has 0 saturated heterocycles. The number of anilines is 1. The molecular formula is C23H17ClN2O3. The molecule has 144 valence electrons. The van der Waals surface area contributed by atoms with Crippen LogP contribution in [0.3, 0.4) is 0 Å². The number of ether oxygens (including phenoxy) is 1. The number of aromatic amines is 1. The largest absolute Gasteiger partial charge is 0.454 e. The zero-order valence-corrected chi connectivity index (χ0v) is 16.1. The number of rotatable bonds is 5. The summed E-state index contributed by atoms with van der Waals surface area (Å²) < 4.78 is 5.25. The molecule has 0 bridgehead atoms. The van der Waals surface area contributed by atoms with E-state index in [0.717, 1.165) is 16.5 Å². The van der Waals surface area contributed by atoms with Crippen LogP contribution in [-0.2, 0) is 4.74 Å². The molecule has 1 aromatic heterocycles. The molecule has 0 radical (unpaired) electrons. The minimum absolute atomic E-state index is 0.132. The van der Waals surface area contributed by atoms with Gasteiger partial charge in [-0.2, -0.15) is 0 Å². The summed E-state index contributed by atoms with van der Waals surface area (Å²) in [5.74, 6) is -1.00. The van der Waals surface area contributed by atoms with Crippen molar-refractivity contribution in [1.82, 2.24) is 4.98 Å². The van der Waals surface area contributed by atoms with Gasteiger partial charge in [-0.1, -0.05) is 60.1 Å². The monoisotopic (exact) mass is 404 g/mol. The van der Waals surface area contributed by atoms with Gasteiger partial charge in [-0.15, -0.1) is 0 Å². The molecule has 0 atom stereocenters. The summed E-state index contributed by atoms with van der Waals surface area (Å²) in [5.41, 5.74) is 9.07. The number of Topliss-reactive ketones (excluding diaryl/α,β-unsaturated/α-hetero) is 1. The van der Waals surface area contributed by atoms with Gasteiger partial charge in [0.05, 0.1) is 16.8 Å². The molecule has 4 aromatic rings. The lowest BCUT2D eigenvalue weighted by Crippen LogP contribution is -2.16. The number of halogens is 1. The SMILES string of the molecule is Nc1ccc(Cl)cc1C(=O)OCC(=O)c1c(-c2ccccc2)[nH]c2ccccc12. The van der Waals surface area contributed by atoms with Crippen LogP contribution in [0.1, 0.15) is 20.7 Å². The number of carbonyl (C=O) groups excluding carboxylic acids is 2. The van der Waals surface area contributed by atoms with Crippen molar-refractivity contribution in [3.8, 4) is 11.3 Å². The molecule has 6 heteroatoms. The predicted molar refractivity (Wildman–Crippen MR) is 114 cm³/mol. The number of nitrogens with two attached hydrogens (primary N) is 1. The van der Waals surface area contributed by atoms with E-state index in [2.05, 4.69) is 4.98 Å². The fourth-order valence-corrected chi connectivity index (χ4v) is 3.41. The van der Waals surface area contributed by atoms with Crippen LogP contribution in [0.2, 0.25) is 5.02 Å². The molecule has 0 spiro atoms. The van der Waals surface area contributed by atoms with E-state index in [1.807, 2.05) is 54.6 Å². The highest BCUT2D eigenvalue weighted by Gasteiger charge is 2.21. The molecule has 29 heavy (non-hydrogen) atoms. The van der Waals surface area contributed by atoms with E-state index >= 15 is 0 Å². The first-order chi connectivity index (χ1) is 14.0. The van der Waals surface area contributed by atoms with Crippen molar-refractivity contribution in [2.24, 2.45) is 0 Å². The van der Waals surface area contributed by atoms with Crippen LogP contribution in [0.5, 0.6) is 0 Å². The van der Waals surface area contributed by atoms with Crippen molar-refractivity contribution in [3.63, 3.8) is 0 Å². The van der Waals surface area contributed by atoms with Crippen LogP contribution in [0.4, 0.5) is 5.69 Å². The third kappa shape index (κ3) is 3.73. The minimum Gasteiger partial charge on any atom is -0.454 e. The van der Waals surface area contributed by atoms with E-state index in [0.29, 0.717) is 16.3 Å². The van der Waals surface area contributed by atoms with Crippen molar-refractivity contribution in [2.75, 3.05) is 12.3 Å². The Kier molecular flexibility index (Phi) is 5.06. The standard InChI is InChI=1S/C23H17ClN2O3/c24-15-10-11-18(25)17(12-15)23(28)29-13-20(27)21-16-8-4-5-9-19(16)26-22(21)14-6-2-1-3-7-14/h1-12,26H,13,25H2. The second-order valence-corrected chi connectivity index (χ2v) is 6.95. The smallest absolute Gasteiger partial charge is 0.340 e. The van der Waals surface area contributed by atoms with Crippen LogP contribution in [-0.4, -0.2) is 23.3 Å². The number of hydrogen-bond acceptors (Lipinski definition) is 4. The number of aromatic nitrogens is 1. The summed E-state index contributed by atoms with van der Waals surface area (Å²) in [6.45, 7) is -0.410. The van der Waals surface area contributed by atoms with E-state index in [9.17, 15) is 9.59 Å². The Bertz CT molecular complexity index is 1220. The highest BCUT2D eigenvalue weighted by molar-refractivity contribution is 6.31. The molecule has 0 fully saturated rings. The first kappa shape index (κ1) is 18.8. The second-order valence-electron chi connectivity index (χ2n) is 6.52. The average molecular weight is 405 g/mol. The lowest BCUT2D eigenvalue weighted by Gasteiger charge is -2.08. The van der Waals surface area contributed by atoms with Crippen LogP contribution in [0, 0.1) is 0 Å². The van der Waals surface area contributed by atoms with Crippen molar-refractivity contribution in [3.05, 3.63) is 88.9 Å². The summed E-state index contributed by atoms with van der Waals surface area (Å²) >= 11 is 5.92. The number of nitrogen functional groups attached to an aromatic ring is 1. The van der Waals surface area contributed by atoms with E-state index in [1.54, 1.807) is 6.07 Å². The van der Waals surface area contributed by atoms with Gasteiger partial charge in [0.1, 0.15) is 0 Å². The third-order valence-corrected chi connectivity index (χ3v) is 4.85. The molecule has 4 rings (SSSR count). The molecule has 5 nitrogen and oxygen atoms in total. The average Bonchev–Trinajstić information content (AvgIpc) is 3.14. The van der Waals surface area contributed by atoms with Crippen molar-refractivity contribution in [2.45, 2.75) is 0 Å². The molecule has 0 saturated carbocycles. The molecule has 3 aromatic carbocycles. The van der Waals surface area contributed by atoms with E-state index in [-0.39, 0.29) is 17.0 Å². The van der Waals surface area contributed by atoms with Gasteiger partial charge < -0.3 is 15.5 Å². The minimum atomic E-state index is -0.695. The van der Waals surface area contributed by atoms with Gasteiger partial charge in [0.25, 0.3) is 0 Å². The van der Waals surface area contributed by atoms with Gasteiger partial charge in [0, 0.05) is 21.6 Å². The van der Waals surface area contributed by atoms with Crippen LogP contribution in [0.15, 0.2) is 72.8 Å². The first-order valence-corrected chi connectivity index (χ1v) is 9.34. The number of hydrogen-bond donors (Lipinski definition) is 2. The summed E-state index contributed by atoms with van der Waals surface area (Å²) in [6.07, 6.45) is 0. The Balaban J connectivity index is 1.65. The van der Waals surface area contributed by atoms with Crippen LogP contribution >= 0.6 is 11.6 Å². The topological polar surface area (TPSA) is 85.2 Å². The fraction of sp³-hybridized carbons (Fsp3) is 0.0435. The van der Waals surface area contributed by atoms with Crippen LogP contribution in [0.25, 0.3) is 22.2 Å². The Morgan fingerprint density at radius 1 is 0.966 bits per heavy atom. The lowest BCUT2D eigenvalue weighted by molar-refractivity contribution is 0.0476. The van der Waals surface area contributed by atoms with Gasteiger partial charge in [0.2, 0.25) is 5.78 Å². The maximum Gasteiger partial charge on any atom is 0.340 e. The highest BCUT2D eigenvalue weighted by atomic mass is 35.5. The molecule has 0 aliphatic rings. The second kappa shape index (κ2) is 7.81. The van der Waals surface area contributed by atoms with Gasteiger partial charge in [0.15, 0.2) is 6.61 Å². The number of fused-ring (bicyclic) bond motifs is 1. The Morgan fingerprint density at radius 3 is 2.48 bits per heavy atom. The molecule has 1 heterocycles. The number of esters is 1. The summed E-state index contributed by atoms with van der Waals surface area (Å²) in [7, 11) is 0. The van der Waals surface area contributed by atoms with Crippen molar-refractivity contribution >= 4 is 39.9 Å². The molecule has 0 unspecified atom stereocenters. The normalized spacial score (nSPS) is 10.8. The van der Waals surface area contributed by atoms with Crippen LogP contribution < -0.4 is 5.73 Å². The van der Waals surface area contributed by atoms with Crippen molar-refractivity contribution < 1.29 is 14.3 Å². The first-order valence-electron chi connectivity index (χ1n) is 8.96. The molecular weight excluding hydrogens is 388 g/mol. The quantitative estimate of drug-likeness (QED) is 0.275. The van der Waals surface area contributed by atoms with E-state index in [4.69, 9.17) is 22.1 Å². The molecule has 3 N–H and O–H groups in total. The van der Waals surface area contributed by atoms with Gasteiger partial charge in [-0.25, -0.2) is 4.79 Å². The number of benzene rings is 3. The zero-order chi connectivity index (χ0) is 20.4. The van der Waals surface area contributed by atoms with Gasteiger partial charge >= 0.3 is 5.97 Å². The lowest BCUT2D eigenvalue weighted by atomic mass is 10.0. The Labute approximate surface area is 172 Å². The van der Waals surface area contributed by atoms with E-state index < -0.39 is 12.6 Å². The Hall–Kier alpha value is -3.57. The number of H-pyrrole nitrogens is 1. The summed E-state index contributed by atoms with van der Waals surface area (Å²) in [6, 6.07) is 21.6. The maximum atomic E-state index is 13.0. The van der Waals surface area contributed by atoms with Gasteiger partial charge in [-0.3, -0.25) is 4.79 Å². The predicted octanol–water partition coefficient (Wildman–Crippen LogP) is 5.11. The molecule has 0 amide bonds. The van der Waals surface area contributed by atoms with Gasteiger partial charge in [-0.05, 0) is 29.8 Å². The molecule has 0 aliphatic heterocycles.